The van der Waals surface area contributed by atoms with Gasteiger partial charge in [-0.3, -0.25) is 0 Å². The van der Waals surface area contributed by atoms with Gasteiger partial charge in [-0.1, -0.05) is 13.8 Å². The lowest BCUT2D eigenvalue weighted by atomic mass is 10.3. The highest BCUT2D eigenvalue weighted by Gasteiger charge is 2.11. The molecule has 5 heteroatoms. The Morgan fingerprint density at radius 1 is 1.26 bits per heavy atom. The zero-order chi connectivity index (χ0) is 13.8. The summed E-state index contributed by atoms with van der Waals surface area (Å²) in [4.78, 5) is 14.6. The molecule has 19 heavy (non-hydrogen) atoms. The third-order valence-electron chi connectivity index (χ3n) is 2.91. The minimum Gasteiger partial charge on any atom is -0.361 e. The van der Waals surface area contributed by atoms with Gasteiger partial charge in [0.2, 0.25) is 0 Å². The third kappa shape index (κ3) is 3.50. The summed E-state index contributed by atoms with van der Waals surface area (Å²) in [5.74, 6) is 1.69. The number of aromatic nitrogens is 3. The van der Waals surface area contributed by atoms with Gasteiger partial charge in [-0.15, -0.1) is 11.3 Å². The van der Waals surface area contributed by atoms with E-state index in [4.69, 9.17) is 0 Å². The number of nitrogens with zero attached hydrogens (tertiary/aromatic N) is 3. The number of hydrogen-bond acceptors (Lipinski definition) is 5. The Hall–Kier alpha value is -1.49. The lowest BCUT2D eigenvalue weighted by molar-refractivity contribution is 0.847. The second-order valence-corrected chi connectivity index (χ2v) is 5.68. The van der Waals surface area contributed by atoms with Crippen LogP contribution < -0.4 is 5.32 Å². The van der Waals surface area contributed by atoms with Gasteiger partial charge in [0.05, 0.1) is 6.04 Å². The molecule has 0 saturated carbocycles. The second-order valence-electron chi connectivity index (χ2n) is 4.53. The summed E-state index contributed by atoms with van der Waals surface area (Å²) >= 11 is 1.76. The first-order valence-corrected chi connectivity index (χ1v) is 7.49. The van der Waals surface area contributed by atoms with Crippen molar-refractivity contribution in [3.63, 3.8) is 0 Å². The maximum Gasteiger partial charge on any atom is 0.130 e. The van der Waals surface area contributed by atoms with Crippen LogP contribution in [-0.4, -0.2) is 15.0 Å². The Labute approximate surface area is 118 Å². The fourth-order valence-electron chi connectivity index (χ4n) is 1.85. The van der Waals surface area contributed by atoms with Gasteiger partial charge >= 0.3 is 0 Å². The van der Waals surface area contributed by atoms with Gasteiger partial charge in [0.1, 0.15) is 16.6 Å². The standard InChI is InChI=1S/C14H20N4S/c1-5-11-7-13(18-10(4)17-11)16-9(3)14-15-8-12(6-2)19-14/h7-9H,5-6H2,1-4H3,(H,16,17,18). The van der Waals surface area contributed by atoms with Crippen molar-refractivity contribution in [1.29, 1.82) is 0 Å². The molecule has 2 aromatic rings. The van der Waals surface area contributed by atoms with Crippen LogP contribution in [0.1, 0.15) is 48.2 Å². The van der Waals surface area contributed by atoms with Crippen molar-refractivity contribution in [2.45, 2.75) is 46.6 Å². The highest BCUT2D eigenvalue weighted by molar-refractivity contribution is 7.11. The lowest BCUT2D eigenvalue weighted by Gasteiger charge is -2.13. The summed E-state index contributed by atoms with van der Waals surface area (Å²) < 4.78 is 0. The number of aryl methyl sites for hydroxylation is 3. The predicted octanol–water partition coefficient (Wildman–Crippen LogP) is 3.54. The van der Waals surface area contributed by atoms with Gasteiger partial charge < -0.3 is 5.32 Å². The average molecular weight is 276 g/mol. The topological polar surface area (TPSA) is 50.7 Å². The molecule has 2 rings (SSSR count). The summed E-state index contributed by atoms with van der Waals surface area (Å²) in [7, 11) is 0. The van der Waals surface area contributed by atoms with Crippen LogP contribution in [0.5, 0.6) is 0 Å². The molecule has 102 valence electrons. The smallest absolute Gasteiger partial charge is 0.130 e. The molecule has 1 atom stereocenters. The normalized spacial score (nSPS) is 12.4. The average Bonchev–Trinajstić information content (AvgIpc) is 2.86. The van der Waals surface area contributed by atoms with Crippen LogP contribution in [0.4, 0.5) is 5.82 Å². The monoisotopic (exact) mass is 276 g/mol. The highest BCUT2D eigenvalue weighted by atomic mass is 32.1. The molecule has 0 radical (unpaired) electrons. The fourth-order valence-corrected chi connectivity index (χ4v) is 2.71. The summed E-state index contributed by atoms with van der Waals surface area (Å²) in [6.07, 6.45) is 3.92. The Kier molecular flexibility index (Phi) is 4.47. The minimum atomic E-state index is 0.171. The number of hydrogen-bond donors (Lipinski definition) is 1. The number of anilines is 1. The Bertz CT molecular complexity index is 550. The van der Waals surface area contributed by atoms with Crippen molar-refractivity contribution in [3.8, 4) is 0 Å². The van der Waals surface area contributed by atoms with E-state index in [1.165, 1.54) is 4.88 Å². The first-order valence-electron chi connectivity index (χ1n) is 6.68. The van der Waals surface area contributed by atoms with E-state index in [1.807, 2.05) is 19.2 Å². The SMILES string of the molecule is CCc1cc(NC(C)c2ncc(CC)s2)nc(C)n1. The van der Waals surface area contributed by atoms with E-state index in [1.54, 1.807) is 11.3 Å². The van der Waals surface area contributed by atoms with E-state index in [9.17, 15) is 0 Å². The van der Waals surface area contributed by atoms with E-state index in [2.05, 4.69) is 41.0 Å². The summed E-state index contributed by atoms with van der Waals surface area (Å²) in [6.45, 7) is 8.29. The van der Waals surface area contributed by atoms with Crippen molar-refractivity contribution >= 4 is 17.2 Å². The molecule has 0 saturated heterocycles. The van der Waals surface area contributed by atoms with E-state index in [0.717, 1.165) is 35.2 Å². The van der Waals surface area contributed by atoms with Gasteiger partial charge in [0.15, 0.2) is 0 Å². The van der Waals surface area contributed by atoms with Crippen LogP contribution in [0, 0.1) is 6.92 Å². The van der Waals surface area contributed by atoms with Crippen molar-refractivity contribution in [3.05, 3.63) is 33.7 Å². The zero-order valence-corrected chi connectivity index (χ0v) is 12.7. The van der Waals surface area contributed by atoms with Crippen molar-refractivity contribution < 1.29 is 0 Å². The zero-order valence-electron chi connectivity index (χ0n) is 11.9. The van der Waals surface area contributed by atoms with Gasteiger partial charge in [0, 0.05) is 22.8 Å². The van der Waals surface area contributed by atoms with Crippen molar-refractivity contribution in [2.24, 2.45) is 0 Å². The van der Waals surface area contributed by atoms with Crippen LogP contribution in [-0.2, 0) is 12.8 Å². The number of rotatable bonds is 5. The molecule has 0 aliphatic rings. The molecule has 0 aliphatic carbocycles. The molecule has 0 amide bonds. The Morgan fingerprint density at radius 2 is 2.05 bits per heavy atom. The van der Waals surface area contributed by atoms with Crippen molar-refractivity contribution in [2.75, 3.05) is 5.32 Å². The molecule has 0 aromatic carbocycles. The van der Waals surface area contributed by atoms with Gasteiger partial charge in [-0.2, -0.15) is 0 Å². The van der Waals surface area contributed by atoms with Gasteiger partial charge in [-0.05, 0) is 26.7 Å². The summed E-state index contributed by atoms with van der Waals surface area (Å²) in [5, 5.41) is 4.51. The summed E-state index contributed by atoms with van der Waals surface area (Å²) in [6, 6.07) is 2.18. The Balaban J connectivity index is 2.13. The Morgan fingerprint density at radius 3 is 2.68 bits per heavy atom. The summed E-state index contributed by atoms with van der Waals surface area (Å²) in [5.41, 5.74) is 1.07. The molecule has 4 nitrogen and oxygen atoms in total. The minimum absolute atomic E-state index is 0.171. The number of thiazole rings is 1. The van der Waals surface area contributed by atoms with Crippen LogP contribution >= 0.6 is 11.3 Å². The second kappa shape index (κ2) is 6.10. The van der Waals surface area contributed by atoms with Crippen LogP contribution in [0.15, 0.2) is 12.3 Å². The van der Waals surface area contributed by atoms with E-state index in [-0.39, 0.29) is 6.04 Å². The van der Waals surface area contributed by atoms with E-state index >= 15 is 0 Å². The third-order valence-corrected chi connectivity index (χ3v) is 4.23. The molecule has 0 fully saturated rings. The molecule has 2 heterocycles. The number of nitrogens with one attached hydrogen (secondary N) is 1. The largest absolute Gasteiger partial charge is 0.361 e. The lowest BCUT2D eigenvalue weighted by Crippen LogP contribution is -2.09. The van der Waals surface area contributed by atoms with Gasteiger partial charge in [-0.25, -0.2) is 15.0 Å². The maximum absolute atomic E-state index is 4.46. The van der Waals surface area contributed by atoms with Crippen LogP contribution in [0.2, 0.25) is 0 Å². The van der Waals surface area contributed by atoms with Gasteiger partial charge in [0.25, 0.3) is 0 Å². The van der Waals surface area contributed by atoms with E-state index < -0.39 is 0 Å². The molecule has 1 N–H and O–H groups in total. The molecule has 0 aliphatic heterocycles. The molecule has 2 aromatic heterocycles. The highest BCUT2D eigenvalue weighted by Crippen LogP contribution is 2.23. The van der Waals surface area contributed by atoms with Crippen molar-refractivity contribution in [1.82, 2.24) is 15.0 Å². The molecule has 0 bridgehead atoms. The molecule has 1 unspecified atom stereocenters. The first kappa shape index (κ1) is 13.9. The predicted molar refractivity (Wildman–Crippen MR) is 79.7 cm³/mol. The molecule has 0 spiro atoms. The van der Waals surface area contributed by atoms with Crippen LogP contribution in [0.3, 0.4) is 0 Å². The molecular formula is C14H20N4S. The van der Waals surface area contributed by atoms with Crippen LogP contribution in [0.25, 0.3) is 0 Å². The first-order chi connectivity index (χ1) is 9.12. The quantitative estimate of drug-likeness (QED) is 0.907. The molecular weight excluding hydrogens is 256 g/mol. The van der Waals surface area contributed by atoms with E-state index in [0.29, 0.717) is 0 Å². The fraction of sp³-hybridized carbons (Fsp3) is 0.500. The maximum atomic E-state index is 4.46.